The Bertz CT molecular complexity index is 960. The lowest BCUT2D eigenvalue weighted by molar-refractivity contribution is -0.117. The van der Waals surface area contributed by atoms with E-state index in [0.717, 1.165) is 28.1 Å². The molecule has 1 aliphatic heterocycles. The van der Waals surface area contributed by atoms with Crippen LogP contribution >= 0.6 is 11.6 Å². The van der Waals surface area contributed by atoms with Crippen molar-refractivity contribution in [2.45, 2.75) is 33.1 Å². The summed E-state index contributed by atoms with van der Waals surface area (Å²) < 4.78 is 26.4. The zero-order valence-corrected chi connectivity index (χ0v) is 17.4. The van der Waals surface area contributed by atoms with Crippen LogP contribution in [0.3, 0.4) is 0 Å². The van der Waals surface area contributed by atoms with Gasteiger partial charge in [0.25, 0.3) is 0 Å². The van der Waals surface area contributed by atoms with Crippen molar-refractivity contribution in [2.24, 2.45) is 0 Å². The van der Waals surface area contributed by atoms with Crippen LogP contribution in [-0.2, 0) is 20.2 Å². The maximum Gasteiger partial charge on any atom is 0.236 e. The Balaban J connectivity index is 2.09. The topological polar surface area (TPSA) is 66.5 Å². The van der Waals surface area contributed by atoms with Gasteiger partial charge in [-0.1, -0.05) is 43.1 Å². The van der Waals surface area contributed by atoms with Gasteiger partial charge in [0.05, 0.1) is 5.75 Å². The highest BCUT2D eigenvalue weighted by atomic mass is 35.5. The van der Waals surface area contributed by atoms with E-state index >= 15 is 0 Å². The van der Waals surface area contributed by atoms with Gasteiger partial charge in [0.1, 0.15) is 0 Å². The Hall–Kier alpha value is -2.05. The summed E-state index contributed by atoms with van der Waals surface area (Å²) in [5.41, 5.74) is 4.93. The minimum Gasteiger partial charge on any atom is -0.340 e. The van der Waals surface area contributed by atoms with Crippen LogP contribution in [0.25, 0.3) is 0 Å². The van der Waals surface area contributed by atoms with Crippen molar-refractivity contribution in [1.82, 2.24) is 4.72 Å². The van der Waals surface area contributed by atoms with E-state index < -0.39 is 15.9 Å². The van der Waals surface area contributed by atoms with E-state index in [1.165, 1.54) is 6.92 Å². The van der Waals surface area contributed by atoms with Crippen LogP contribution in [0, 0.1) is 6.92 Å². The molecule has 0 fully saturated rings. The number of benzene rings is 2. The number of carbonyl (C=O) groups excluding carboxylic acids is 1. The van der Waals surface area contributed by atoms with Crippen LogP contribution in [0.5, 0.6) is 0 Å². The molecule has 1 aliphatic rings. The van der Waals surface area contributed by atoms with Crippen molar-refractivity contribution >= 4 is 38.9 Å². The highest BCUT2D eigenvalue weighted by Crippen LogP contribution is 2.49. The molecule has 0 spiro atoms. The molecular formula is C20H23ClN2O3S. The average Bonchev–Trinajstić information content (AvgIpc) is 2.54. The number of anilines is 2. The van der Waals surface area contributed by atoms with Gasteiger partial charge in [-0.05, 0) is 42.3 Å². The molecule has 0 unspecified atom stereocenters. The van der Waals surface area contributed by atoms with Crippen LogP contribution in [0.1, 0.15) is 37.5 Å². The van der Waals surface area contributed by atoms with Crippen molar-refractivity contribution in [3.63, 3.8) is 0 Å². The normalized spacial score (nSPS) is 15.1. The number of aryl methyl sites for hydroxylation is 1. The molecule has 1 N–H and O–H groups in total. The molecule has 2 aromatic rings. The number of hydrogen-bond acceptors (Lipinski definition) is 4. The van der Waals surface area contributed by atoms with Gasteiger partial charge < -0.3 is 4.90 Å². The SMILES string of the molecule is CC(=O)NS(=O)(=O)CCN1c2ccc(C)cc2C(C)(C)c2cc(Cl)ccc21. The second-order valence-corrected chi connectivity index (χ2v) is 9.71. The molecule has 5 nitrogen and oxygen atoms in total. The Morgan fingerprint density at radius 2 is 1.70 bits per heavy atom. The number of carbonyl (C=O) groups is 1. The molecule has 1 heterocycles. The summed E-state index contributed by atoms with van der Waals surface area (Å²) in [6.45, 7) is 7.74. The summed E-state index contributed by atoms with van der Waals surface area (Å²) in [4.78, 5) is 13.1. The zero-order valence-electron chi connectivity index (χ0n) is 15.8. The predicted molar refractivity (Wildman–Crippen MR) is 109 cm³/mol. The lowest BCUT2D eigenvalue weighted by atomic mass is 9.73. The third kappa shape index (κ3) is 3.82. The van der Waals surface area contributed by atoms with Gasteiger partial charge >= 0.3 is 0 Å². The van der Waals surface area contributed by atoms with Gasteiger partial charge in [-0.2, -0.15) is 0 Å². The van der Waals surface area contributed by atoms with E-state index in [4.69, 9.17) is 11.6 Å². The van der Waals surface area contributed by atoms with Gasteiger partial charge in [-0.25, -0.2) is 8.42 Å². The third-order valence-corrected chi connectivity index (χ3v) is 6.48. The van der Waals surface area contributed by atoms with Crippen LogP contribution in [-0.4, -0.2) is 26.6 Å². The predicted octanol–water partition coefficient (Wildman–Crippen LogP) is 3.89. The monoisotopic (exact) mass is 406 g/mol. The highest BCUT2D eigenvalue weighted by molar-refractivity contribution is 7.90. The molecule has 0 bridgehead atoms. The second-order valence-electron chi connectivity index (χ2n) is 7.44. The summed E-state index contributed by atoms with van der Waals surface area (Å²) >= 11 is 6.26. The van der Waals surface area contributed by atoms with Crippen LogP contribution < -0.4 is 9.62 Å². The van der Waals surface area contributed by atoms with Crippen molar-refractivity contribution in [3.05, 3.63) is 58.1 Å². The lowest BCUT2D eigenvalue weighted by Crippen LogP contribution is -2.38. The number of amides is 1. The maximum absolute atomic E-state index is 12.2. The first-order valence-corrected chi connectivity index (χ1v) is 10.7. The fourth-order valence-electron chi connectivity index (χ4n) is 3.63. The van der Waals surface area contributed by atoms with Crippen LogP contribution in [0.2, 0.25) is 5.02 Å². The molecule has 144 valence electrons. The molecule has 3 rings (SSSR count). The number of sulfonamides is 1. The van der Waals surface area contributed by atoms with Crippen molar-refractivity contribution in [3.8, 4) is 0 Å². The van der Waals surface area contributed by atoms with Gasteiger partial charge in [0.15, 0.2) is 0 Å². The van der Waals surface area contributed by atoms with Gasteiger partial charge in [-0.15, -0.1) is 0 Å². The van der Waals surface area contributed by atoms with Crippen molar-refractivity contribution < 1.29 is 13.2 Å². The first-order chi connectivity index (χ1) is 12.5. The van der Waals surface area contributed by atoms with Gasteiger partial charge in [0.2, 0.25) is 15.9 Å². The summed E-state index contributed by atoms with van der Waals surface area (Å²) in [6, 6.07) is 11.9. The highest BCUT2D eigenvalue weighted by Gasteiger charge is 2.36. The van der Waals surface area contributed by atoms with Gasteiger partial charge in [-0.3, -0.25) is 9.52 Å². The number of hydrogen-bond donors (Lipinski definition) is 1. The largest absolute Gasteiger partial charge is 0.340 e. The summed E-state index contributed by atoms with van der Waals surface area (Å²) in [5.74, 6) is -0.777. The van der Waals surface area contributed by atoms with E-state index in [1.54, 1.807) is 0 Å². The number of nitrogens with one attached hydrogen (secondary N) is 1. The van der Waals surface area contributed by atoms with Crippen molar-refractivity contribution in [1.29, 1.82) is 0 Å². The number of rotatable bonds is 4. The Morgan fingerprint density at radius 1 is 1.11 bits per heavy atom. The summed E-state index contributed by atoms with van der Waals surface area (Å²) in [5, 5.41) is 0.642. The molecule has 0 saturated carbocycles. The van der Waals surface area contributed by atoms with E-state index in [2.05, 4.69) is 19.9 Å². The summed E-state index contributed by atoms with van der Waals surface area (Å²) in [6.07, 6.45) is 0. The van der Waals surface area contributed by atoms with Crippen LogP contribution in [0.4, 0.5) is 11.4 Å². The molecule has 0 aromatic heterocycles. The first kappa shape index (κ1) is 19.7. The number of halogens is 1. The van der Waals surface area contributed by atoms with E-state index in [0.29, 0.717) is 5.02 Å². The molecule has 1 amide bonds. The Labute approximate surface area is 165 Å². The van der Waals surface area contributed by atoms with E-state index in [1.807, 2.05) is 46.9 Å². The van der Waals surface area contributed by atoms with E-state index in [-0.39, 0.29) is 17.7 Å². The minimum absolute atomic E-state index is 0.192. The first-order valence-electron chi connectivity index (χ1n) is 8.71. The molecule has 7 heteroatoms. The number of fused-ring (bicyclic) bond motifs is 2. The molecule has 0 saturated heterocycles. The molecule has 0 aliphatic carbocycles. The fourth-order valence-corrected chi connectivity index (χ4v) is 4.76. The molecule has 2 aromatic carbocycles. The Morgan fingerprint density at radius 3 is 2.33 bits per heavy atom. The lowest BCUT2D eigenvalue weighted by Gasteiger charge is -2.42. The minimum atomic E-state index is -3.70. The molecule has 27 heavy (non-hydrogen) atoms. The average molecular weight is 407 g/mol. The summed E-state index contributed by atoms with van der Waals surface area (Å²) in [7, 11) is -3.70. The number of nitrogens with zero attached hydrogens (tertiary/aromatic N) is 1. The second kappa shape index (κ2) is 6.84. The zero-order chi connectivity index (χ0) is 20.0. The van der Waals surface area contributed by atoms with Crippen molar-refractivity contribution in [2.75, 3.05) is 17.2 Å². The molecular weight excluding hydrogens is 384 g/mol. The molecule has 0 radical (unpaired) electrons. The maximum atomic E-state index is 12.2. The van der Waals surface area contributed by atoms with Crippen LogP contribution in [0.15, 0.2) is 36.4 Å². The third-order valence-electron chi connectivity index (χ3n) is 4.92. The standard InChI is InChI=1S/C20H23ClN2O3S/c1-13-5-7-18-16(11-13)20(3,4)17-12-15(21)6-8-19(17)23(18)9-10-27(25,26)22-14(2)24/h5-8,11-12H,9-10H2,1-4H3,(H,22,24). The quantitative estimate of drug-likeness (QED) is 0.836. The Kier molecular flexibility index (Phi) is 4.99. The fraction of sp³-hybridized carbons (Fsp3) is 0.350. The van der Waals surface area contributed by atoms with E-state index in [9.17, 15) is 13.2 Å². The molecule has 0 atom stereocenters. The van der Waals surface area contributed by atoms with Gasteiger partial charge in [0, 0.05) is 35.3 Å². The smallest absolute Gasteiger partial charge is 0.236 e.